The fourth-order valence-corrected chi connectivity index (χ4v) is 5.35. The molecule has 0 unspecified atom stereocenters. The van der Waals surface area contributed by atoms with Gasteiger partial charge in [0.15, 0.2) is 0 Å². The van der Waals surface area contributed by atoms with Crippen LogP contribution in [-0.4, -0.2) is 18.1 Å². The van der Waals surface area contributed by atoms with Gasteiger partial charge in [0.1, 0.15) is 0 Å². The maximum atomic E-state index is 12.9. The van der Waals surface area contributed by atoms with Crippen molar-refractivity contribution >= 4 is 16.7 Å². The van der Waals surface area contributed by atoms with Crippen LogP contribution in [0.4, 0.5) is 0 Å². The van der Waals surface area contributed by atoms with Crippen molar-refractivity contribution in [3.8, 4) is 0 Å². The van der Waals surface area contributed by atoms with Crippen molar-refractivity contribution in [1.82, 2.24) is 5.32 Å². The zero-order valence-electron chi connectivity index (χ0n) is 21.9. The molecule has 0 fully saturated rings. The Morgan fingerprint density at radius 1 is 1.03 bits per heavy atom. The number of esters is 1. The summed E-state index contributed by atoms with van der Waals surface area (Å²) >= 11 is 0. The van der Waals surface area contributed by atoms with Crippen LogP contribution in [0.3, 0.4) is 0 Å². The summed E-state index contributed by atoms with van der Waals surface area (Å²) in [6.45, 7) is 7.27. The molecule has 1 aliphatic rings. The van der Waals surface area contributed by atoms with Gasteiger partial charge in [-0.3, -0.25) is 0 Å². The number of carbonyl (C=O) groups excluding carboxylic acids is 1. The summed E-state index contributed by atoms with van der Waals surface area (Å²) in [6.07, 6.45) is 1.88. The van der Waals surface area contributed by atoms with E-state index >= 15 is 0 Å². The maximum Gasteiger partial charge on any atom is 0.340 e. The summed E-state index contributed by atoms with van der Waals surface area (Å²) in [4.78, 5) is 12.9. The SMILES string of the molecule is Cc1ccc2c(c1)[C@H](OC(=O)c1ccccc1)O[C@@](C)(CCCN[C@H](C)c1cccc3ccccc13)C2. The summed E-state index contributed by atoms with van der Waals surface area (Å²) in [6, 6.07) is 30.7. The Labute approximate surface area is 219 Å². The molecule has 4 aromatic rings. The van der Waals surface area contributed by atoms with Crippen LogP contribution in [0.1, 0.15) is 71.6 Å². The van der Waals surface area contributed by atoms with Gasteiger partial charge in [0.25, 0.3) is 0 Å². The van der Waals surface area contributed by atoms with Gasteiger partial charge >= 0.3 is 5.97 Å². The Hall–Kier alpha value is -3.47. The second-order valence-corrected chi connectivity index (χ2v) is 10.4. The number of aryl methyl sites for hydroxylation is 1. The van der Waals surface area contributed by atoms with Crippen molar-refractivity contribution in [2.75, 3.05) is 6.54 Å². The normalized spacial score (nSPS) is 19.8. The summed E-state index contributed by atoms with van der Waals surface area (Å²) < 4.78 is 12.4. The van der Waals surface area contributed by atoms with Gasteiger partial charge in [0.05, 0.1) is 11.2 Å². The summed E-state index contributed by atoms with van der Waals surface area (Å²) in [5.74, 6) is -0.368. The van der Waals surface area contributed by atoms with Gasteiger partial charge in [0.2, 0.25) is 6.29 Å². The van der Waals surface area contributed by atoms with E-state index in [1.54, 1.807) is 12.1 Å². The summed E-state index contributed by atoms with van der Waals surface area (Å²) in [7, 11) is 0. The third kappa shape index (κ3) is 5.76. The van der Waals surface area contributed by atoms with Crippen LogP contribution in [0.25, 0.3) is 10.8 Å². The van der Waals surface area contributed by atoms with E-state index in [1.807, 2.05) is 25.1 Å². The highest BCUT2D eigenvalue weighted by Crippen LogP contribution is 2.39. The van der Waals surface area contributed by atoms with Crippen LogP contribution < -0.4 is 5.32 Å². The highest BCUT2D eigenvalue weighted by Gasteiger charge is 2.38. The molecule has 4 nitrogen and oxygen atoms in total. The minimum atomic E-state index is -0.719. The predicted octanol–water partition coefficient (Wildman–Crippen LogP) is 7.47. The summed E-state index contributed by atoms with van der Waals surface area (Å²) in [5.41, 5.74) is 4.67. The molecule has 0 aliphatic carbocycles. The Morgan fingerprint density at radius 3 is 2.62 bits per heavy atom. The Kier molecular flexibility index (Phi) is 7.40. The lowest BCUT2D eigenvalue weighted by Gasteiger charge is -2.39. The van der Waals surface area contributed by atoms with Crippen LogP contribution >= 0.6 is 0 Å². The fourth-order valence-electron chi connectivity index (χ4n) is 5.35. The van der Waals surface area contributed by atoms with Gasteiger partial charge in [-0.25, -0.2) is 4.79 Å². The lowest BCUT2D eigenvalue weighted by molar-refractivity contribution is -0.197. The molecule has 0 saturated carbocycles. The molecule has 5 rings (SSSR count). The molecule has 0 bridgehead atoms. The zero-order valence-corrected chi connectivity index (χ0v) is 21.9. The first-order valence-corrected chi connectivity index (χ1v) is 13.2. The summed E-state index contributed by atoms with van der Waals surface area (Å²) in [5, 5.41) is 6.26. The molecule has 0 spiro atoms. The maximum absolute atomic E-state index is 12.9. The molecule has 1 heterocycles. The van der Waals surface area contributed by atoms with Crippen molar-refractivity contribution in [2.45, 2.75) is 58.0 Å². The van der Waals surface area contributed by atoms with Gasteiger partial charge in [-0.1, -0.05) is 78.4 Å². The number of benzene rings is 4. The molecule has 37 heavy (non-hydrogen) atoms. The molecule has 0 amide bonds. The number of ether oxygens (including phenoxy) is 2. The highest BCUT2D eigenvalue weighted by molar-refractivity contribution is 5.89. The monoisotopic (exact) mass is 493 g/mol. The number of fused-ring (bicyclic) bond motifs is 2. The Morgan fingerprint density at radius 2 is 1.78 bits per heavy atom. The predicted molar refractivity (Wildman–Crippen MR) is 149 cm³/mol. The van der Waals surface area contributed by atoms with Crippen molar-refractivity contribution in [2.24, 2.45) is 0 Å². The van der Waals surface area contributed by atoms with Gasteiger partial charge in [0, 0.05) is 18.0 Å². The van der Waals surface area contributed by atoms with E-state index in [1.165, 1.54) is 21.9 Å². The van der Waals surface area contributed by atoms with E-state index < -0.39 is 11.9 Å². The number of nitrogens with one attached hydrogen (secondary N) is 1. The molecule has 4 aromatic carbocycles. The largest absolute Gasteiger partial charge is 0.428 e. The first kappa shape index (κ1) is 25.2. The first-order chi connectivity index (χ1) is 17.9. The van der Waals surface area contributed by atoms with Crippen molar-refractivity contribution < 1.29 is 14.3 Å². The molecule has 1 aliphatic heterocycles. The lowest BCUT2D eigenvalue weighted by Crippen LogP contribution is -2.39. The molecule has 0 saturated heterocycles. The van der Waals surface area contributed by atoms with E-state index in [4.69, 9.17) is 9.47 Å². The zero-order chi connectivity index (χ0) is 25.8. The minimum absolute atomic E-state index is 0.245. The topological polar surface area (TPSA) is 47.6 Å². The van der Waals surface area contributed by atoms with Crippen molar-refractivity contribution in [3.63, 3.8) is 0 Å². The number of hydrogen-bond donors (Lipinski definition) is 1. The van der Waals surface area contributed by atoms with E-state index in [9.17, 15) is 4.79 Å². The molecule has 3 atom stereocenters. The van der Waals surface area contributed by atoms with Crippen LogP contribution in [-0.2, 0) is 15.9 Å². The van der Waals surface area contributed by atoms with E-state index in [0.29, 0.717) is 5.56 Å². The van der Waals surface area contributed by atoms with Crippen LogP contribution in [0.2, 0.25) is 0 Å². The molecule has 4 heteroatoms. The molecule has 0 aromatic heterocycles. The van der Waals surface area contributed by atoms with Crippen LogP contribution in [0.15, 0.2) is 91.0 Å². The number of hydrogen-bond acceptors (Lipinski definition) is 4. The molecular weight excluding hydrogens is 458 g/mol. The van der Waals surface area contributed by atoms with Crippen LogP contribution in [0.5, 0.6) is 0 Å². The van der Waals surface area contributed by atoms with Gasteiger partial charge in [-0.05, 0) is 80.3 Å². The second-order valence-electron chi connectivity index (χ2n) is 10.4. The Balaban J connectivity index is 1.24. The molecule has 0 radical (unpaired) electrons. The minimum Gasteiger partial charge on any atom is -0.428 e. The van der Waals surface area contributed by atoms with Gasteiger partial charge < -0.3 is 14.8 Å². The van der Waals surface area contributed by atoms with E-state index in [-0.39, 0.29) is 12.0 Å². The lowest BCUT2D eigenvalue weighted by atomic mass is 9.85. The third-order valence-corrected chi connectivity index (χ3v) is 7.36. The fraction of sp³-hybridized carbons (Fsp3) is 0.303. The first-order valence-electron chi connectivity index (χ1n) is 13.2. The second kappa shape index (κ2) is 10.9. The number of carbonyl (C=O) groups is 1. The average molecular weight is 494 g/mol. The molecule has 1 N–H and O–H groups in total. The number of rotatable bonds is 8. The smallest absolute Gasteiger partial charge is 0.340 e. The van der Waals surface area contributed by atoms with Crippen molar-refractivity contribution in [1.29, 1.82) is 0 Å². The van der Waals surface area contributed by atoms with Gasteiger partial charge in [-0.2, -0.15) is 0 Å². The molecule has 190 valence electrons. The van der Waals surface area contributed by atoms with Gasteiger partial charge in [-0.15, -0.1) is 0 Å². The molecular formula is C33H35NO3. The Bertz CT molecular complexity index is 1380. The van der Waals surface area contributed by atoms with E-state index in [0.717, 1.165) is 36.9 Å². The quantitative estimate of drug-likeness (QED) is 0.204. The van der Waals surface area contributed by atoms with Crippen LogP contribution in [0, 0.1) is 6.92 Å². The standard InChI is InChI=1S/C33H35NO3/c1-23-17-18-27-22-33(3,37-32(30(27)21-23)36-31(35)26-12-5-4-6-13-26)19-10-20-34-24(2)28-16-9-14-25-11-7-8-15-29(25)28/h4-9,11-18,21,24,32,34H,10,19-20,22H2,1-3H3/t24-,32-,33+/m1/s1. The highest BCUT2D eigenvalue weighted by atomic mass is 16.7. The third-order valence-electron chi connectivity index (χ3n) is 7.36. The van der Waals surface area contributed by atoms with E-state index in [2.05, 4.69) is 79.8 Å². The van der Waals surface area contributed by atoms with Crippen molar-refractivity contribution in [3.05, 3.63) is 119 Å². The average Bonchev–Trinajstić information content (AvgIpc) is 2.91.